The number of nitrogens with one attached hydrogen (secondary N) is 1. The Hall–Kier alpha value is -1.07. The van der Waals surface area contributed by atoms with Gasteiger partial charge in [-0.1, -0.05) is 13.0 Å². The highest BCUT2D eigenvalue weighted by molar-refractivity contribution is 7.90. The second-order valence-corrected chi connectivity index (χ2v) is 7.02. The van der Waals surface area contributed by atoms with Crippen molar-refractivity contribution in [1.82, 2.24) is 5.32 Å². The first-order valence-corrected chi connectivity index (χ1v) is 8.35. The van der Waals surface area contributed by atoms with Crippen LogP contribution in [-0.4, -0.2) is 32.5 Å². The first kappa shape index (κ1) is 16.0. The fourth-order valence-electron chi connectivity index (χ4n) is 1.43. The van der Waals surface area contributed by atoms with Gasteiger partial charge in [0.2, 0.25) is 0 Å². The van der Waals surface area contributed by atoms with Gasteiger partial charge in [-0.05, 0) is 31.0 Å². The molecule has 6 heteroatoms. The molecule has 0 bridgehead atoms. The molecule has 19 heavy (non-hydrogen) atoms. The van der Waals surface area contributed by atoms with Gasteiger partial charge in [-0.2, -0.15) is 0 Å². The molecule has 0 aromatic heterocycles. The van der Waals surface area contributed by atoms with Crippen LogP contribution in [-0.2, 0) is 9.84 Å². The monoisotopic (exact) mass is 303 g/mol. The van der Waals surface area contributed by atoms with Crippen LogP contribution < -0.4 is 5.32 Å². The second-order valence-electron chi connectivity index (χ2n) is 4.69. The lowest BCUT2D eigenvalue weighted by molar-refractivity contribution is 0.0930. The Kier molecular flexibility index (Phi) is 5.38. The topological polar surface area (TPSA) is 63.2 Å². The number of hydrogen-bond donors (Lipinski definition) is 1. The SMILES string of the molecule is CC(CCl)C(C)NC(=O)c1cccc(S(C)(=O)=O)c1. The van der Waals surface area contributed by atoms with E-state index in [1.54, 1.807) is 12.1 Å². The van der Waals surface area contributed by atoms with Crippen molar-refractivity contribution in [2.45, 2.75) is 24.8 Å². The van der Waals surface area contributed by atoms with E-state index in [1.165, 1.54) is 12.1 Å². The van der Waals surface area contributed by atoms with Gasteiger partial charge in [-0.25, -0.2) is 8.42 Å². The lowest BCUT2D eigenvalue weighted by Crippen LogP contribution is -2.37. The molecule has 2 atom stereocenters. The molecule has 1 aromatic carbocycles. The van der Waals surface area contributed by atoms with Crippen molar-refractivity contribution >= 4 is 27.3 Å². The van der Waals surface area contributed by atoms with E-state index in [9.17, 15) is 13.2 Å². The molecule has 4 nitrogen and oxygen atoms in total. The van der Waals surface area contributed by atoms with E-state index in [0.29, 0.717) is 11.4 Å². The van der Waals surface area contributed by atoms with Gasteiger partial charge in [0, 0.05) is 23.7 Å². The van der Waals surface area contributed by atoms with Crippen molar-refractivity contribution in [2.24, 2.45) is 5.92 Å². The Morgan fingerprint density at radius 2 is 2.00 bits per heavy atom. The summed E-state index contributed by atoms with van der Waals surface area (Å²) in [7, 11) is -3.31. The molecule has 0 spiro atoms. The van der Waals surface area contributed by atoms with Crippen LogP contribution in [0.15, 0.2) is 29.2 Å². The fourth-order valence-corrected chi connectivity index (χ4v) is 2.37. The van der Waals surface area contributed by atoms with E-state index >= 15 is 0 Å². The molecule has 0 saturated carbocycles. The Morgan fingerprint density at radius 1 is 1.37 bits per heavy atom. The van der Waals surface area contributed by atoms with E-state index in [1.807, 2.05) is 13.8 Å². The van der Waals surface area contributed by atoms with Crippen molar-refractivity contribution in [2.75, 3.05) is 12.1 Å². The number of rotatable bonds is 5. The van der Waals surface area contributed by atoms with Crippen molar-refractivity contribution < 1.29 is 13.2 Å². The van der Waals surface area contributed by atoms with Crippen LogP contribution in [0.1, 0.15) is 24.2 Å². The van der Waals surface area contributed by atoms with Gasteiger partial charge < -0.3 is 5.32 Å². The zero-order chi connectivity index (χ0) is 14.6. The van der Waals surface area contributed by atoms with E-state index in [-0.39, 0.29) is 22.8 Å². The van der Waals surface area contributed by atoms with E-state index < -0.39 is 9.84 Å². The summed E-state index contributed by atoms with van der Waals surface area (Å²) < 4.78 is 22.9. The lowest BCUT2D eigenvalue weighted by atomic mass is 10.1. The normalized spacial score (nSPS) is 14.7. The molecule has 0 radical (unpaired) electrons. The largest absolute Gasteiger partial charge is 0.349 e. The van der Waals surface area contributed by atoms with Gasteiger partial charge in [-0.3, -0.25) is 4.79 Å². The van der Waals surface area contributed by atoms with Crippen LogP contribution in [0.4, 0.5) is 0 Å². The highest BCUT2D eigenvalue weighted by Gasteiger charge is 2.16. The molecule has 0 aliphatic carbocycles. The van der Waals surface area contributed by atoms with Crippen LogP contribution in [0.2, 0.25) is 0 Å². The molecule has 1 N–H and O–H groups in total. The summed E-state index contributed by atoms with van der Waals surface area (Å²) in [6.45, 7) is 3.80. The third-order valence-corrected chi connectivity index (χ3v) is 4.58. The molecule has 1 rings (SSSR count). The van der Waals surface area contributed by atoms with Gasteiger partial charge >= 0.3 is 0 Å². The minimum Gasteiger partial charge on any atom is -0.349 e. The molecule has 0 aliphatic rings. The highest BCUT2D eigenvalue weighted by Crippen LogP contribution is 2.12. The summed E-state index contributed by atoms with van der Waals surface area (Å²) in [5, 5.41) is 2.81. The number of sulfone groups is 1. The Bertz CT molecular complexity index is 557. The Labute approximate surface area is 119 Å². The van der Waals surface area contributed by atoms with E-state index in [4.69, 9.17) is 11.6 Å². The molecule has 0 heterocycles. The summed E-state index contributed by atoms with van der Waals surface area (Å²) in [6, 6.07) is 5.91. The maximum atomic E-state index is 12.0. The summed E-state index contributed by atoms with van der Waals surface area (Å²) in [4.78, 5) is 12.1. The summed E-state index contributed by atoms with van der Waals surface area (Å²) in [6.07, 6.45) is 1.11. The van der Waals surface area contributed by atoms with Gasteiger partial charge in [-0.15, -0.1) is 11.6 Å². The van der Waals surface area contributed by atoms with Gasteiger partial charge in [0.05, 0.1) is 4.90 Å². The highest BCUT2D eigenvalue weighted by atomic mass is 35.5. The zero-order valence-corrected chi connectivity index (χ0v) is 12.8. The molecule has 0 fully saturated rings. The van der Waals surface area contributed by atoms with Crippen molar-refractivity contribution in [3.8, 4) is 0 Å². The molecule has 1 aromatic rings. The first-order chi connectivity index (χ1) is 8.75. The summed E-state index contributed by atoms with van der Waals surface area (Å²) in [5.41, 5.74) is 0.330. The van der Waals surface area contributed by atoms with Gasteiger partial charge in [0.1, 0.15) is 0 Å². The number of carbonyl (C=O) groups is 1. The quantitative estimate of drug-likeness (QED) is 0.847. The van der Waals surface area contributed by atoms with E-state index in [0.717, 1.165) is 6.26 Å². The lowest BCUT2D eigenvalue weighted by Gasteiger charge is -2.19. The van der Waals surface area contributed by atoms with Gasteiger partial charge in [0.15, 0.2) is 9.84 Å². The van der Waals surface area contributed by atoms with E-state index in [2.05, 4.69) is 5.32 Å². The standard InChI is InChI=1S/C13H18ClNO3S/c1-9(8-14)10(2)15-13(16)11-5-4-6-12(7-11)19(3,17)18/h4-7,9-10H,8H2,1-3H3,(H,15,16). The first-order valence-electron chi connectivity index (χ1n) is 5.92. The average molecular weight is 304 g/mol. The molecule has 2 unspecified atom stereocenters. The summed E-state index contributed by atoms with van der Waals surface area (Å²) in [5.74, 6) is 0.295. The third kappa shape index (κ3) is 4.51. The zero-order valence-electron chi connectivity index (χ0n) is 11.2. The smallest absolute Gasteiger partial charge is 0.251 e. The predicted octanol–water partition coefficient (Wildman–Crippen LogP) is 2.08. The van der Waals surface area contributed by atoms with Crippen LogP contribution >= 0.6 is 11.6 Å². The average Bonchev–Trinajstić information content (AvgIpc) is 2.36. The third-order valence-electron chi connectivity index (χ3n) is 2.98. The molecular formula is C13H18ClNO3S. The van der Waals surface area contributed by atoms with Gasteiger partial charge in [0.25, 0.3) is 5.91 Å². The van der Waals surface area contributed by atoms with Crippen molar-refractivity contribution in [3.05, 3.63) is 29.8 Å². The number of benzene rings is 1. The Morgan fingerprint density at radius 3 is 2.53 bits per heavy atom. The Balaban J connectivity index is 2.90. The molecule has 0 saturated heterocycles. The minimum atomic E-state index is -3.31. The molecule has 0 aliphatic heterocycles. The number of amides is 1. The molecule has 106 valence electrons. The predicted molar refractivity (Wildman–Crippen MR) is 76.4 cm³/mol. The van der Waals surface area contributed by atoms with Crippen LogP contribution in [0, 0.1) is 5.92 Å². The minimum absolute atomic E-state index is 0.0770. The van der Waals surface area contributed by atoms with Crippen LogP contribution in [0.3, 0.4) is 0 Å². The number of hydrogen-bond acceptors (Lipinski definition) is 3. The molecule has 1 amide bonds. The van der Waals surface area contributed by atoms with Crippen LogP contribution in [0.25, 0.3) is 0 Å². The maximum absolute atomic E-state index is 12.0. The van der Waals surface area contributed by atoms with Crippen molar-refractivity contribution in [3.63, 3.8) is 0 Å². The number of alkyl halides is 1. The molecular weight excluding hydrogens is 286 g/mol. The second kappa shape index (κ2) is 6.39. The fraction of sp³-hybridized carbons (Fsp3) is 0.462. The number of carbonyl (C=O) groups excluding carboxylic acids is 1. The summed E-state index contributed by atoms with van der Waals surface area (Å²) >= 11 is 5.73. The van der Waals surface area contributed by atoms with Crippen LogP contribution in [0.5, 0.6) is 0 Å². The number of halogens is 1. The maximum Gasteiger partial charge on any atom is 0.251 e. The van der Waals surface area contributed by atoms with Crippen molar-refractivity contribution in [1.29, 1.82) is 0 Å².